The van der Waals surface area contributed by atoms with Crippen LogP contribution in [-0.4, -0.2) is 15.0 Å². The summed E-state index contributed by atoms with van der Waals surface area (Å²) in [4.78, 5) is 0.435. The molecule has 0 saturated carbocycles. The summed E-state index contributed by atoms with van der Waals surface area (Å²) in [6, 6.07) is 21.4. The van der Waals surface area contributed by atoms with E-state index in [1.165, 1.54) is 5.56 Å². The van der Waals surface area contributed by atoms with Gasteiger partial charge in [-0.25, -0.2) is 8.42 Å². The minimum atomic E-state index is -3.42. The first kappa shape index (κ1) is 14.3. The van der Waals surface area contributed by atoms with Crippen LogP contribution >= 0.6 is 0 Å². The Kier molecular flexibility index (Phi) is 3.34. The highest BCUT2D eigenvalue weighted by molar-refractivity contribution is 7.93. The van der Waals surface area contributed by atoms with Crippen LogP contribution in [0.3, 0.4) is 0 Å². The normalized spacial score (nSPS) is 15.2. The van der Waals surface area contributed by atoms with Gasteiger partial charge in [-0.05, 0) is 35.9 Å². The summed E-state index contributed by atoms with van der Waals surface area (Å²) in [5.41, 5.74) is 2.05. The van der Waals surface area contributed by atoms with Crippen molar-refractivity contribution in [2.75, 3.05) is 10.8 Å². The third-order valence-corrected chi connectivity index (χ3v) is 6.21. The maximum Gasteiger partial charge on any atom is 0.265 e. The van der Waals surface area contributed by atoms with Crippen LogP contribution in [0.4, 0.5) is 5.69 Å². The molecule has 0 N–H and O–H groups in total. The molecule has 0 atom stereocenters. The highest BCUT2D eigenvalue weighted by atomic mass is 32.2. The predicted molar refractivity (Wildman–Crippen MR) is 93.2 cm³/mol. The minimum absolute atomic E-state index is 0.435. The van der Waals surface area contributed by atoms with Crippen molar-refractivity contribution in [2.45, 2.75) is 17.7 Å². The van der Waals surface area contributed by atoms with Crippen LogP contribution in [-0.2, 0) is 16.4 Å². The van der Waals surface area contributed by atoms with Gasteiger partial charge in [0.1, 0.15) is 0 Å². The third-order valence-electron chi connectivity index (χ3n) is 4.35. The van der Waals surface area contributed by atoms with E-state index < -0.39 is 10.0 Å². The van der Waals surface area contributed by atoms with E-state index in [4.69, 9.17) is 0 Å². The second kappa shape index (κ2) is 5.39. The number of sulfonamides is 1. The van der Waals surface area contributed by atoms with Crippen molar-refractivity contribution in [3.8, 4) is 0 Å². The van der Waals surface area contributed by atoms with Crippen LogP contribution in [0, 0.1) is 0 Å². The van der Waals surface area contributed by atoms with Crippen LogP contribution in [0.2, 0.25) is 0 Å². The van der Waals surface area contributed by atoms with Crippen molar-refractivity contribution < 1.29 is 8.42 Å². The molecule has 116 valence electrons. The molecular formula is C19H17NO2S. The molecule has 0 saturated heterocycles. The summed E-state index contributed by atoms with van der Waals surface area (Å²) in [6.45, 7) is 0.505. The van der Waals surface area contributed by atoms with Crippen molar-refractivity contribution in [3.05, 3.63) is 72.3 Å². The summed E-state index contributed by atoms with van der Waals surface area (Å²) < 4.78 is 27.2. The Labute approximate surface area is 136 Å². The molecule has 4 rings (SSSR count). The molecular weight excluding hydrogens is 306 g/mol. The van der Waals surface area contributed by atoms with Crippen molar-refractivity contribution in [1.82, 2.24) is 0 Å². The zero-order valence-electron chi connectivity index (χ0n) is 12.6. The van der Waals surface area contributed by atoms with Gasteiger partial charge in [0, 0.05) is 11.9 Å². The summed E-state index contributed by atoms with van der Waals surface area (Å²) >= 11 is 0. The molecule has 3 nitrogen and oxygen atoms in total. The summed E-state index contributed by atoms with van der Waals surface area (Å²) in [7, 11) is -3.42. The van der Waals surface area contributed by atoms with E-state index in [9.17, 15) is 8.42 Å². The molecule has 0 amide bonds. The van der Waals surface area contributed by atoms with Gasteiger partial charge >= 0.3 is 0 Å². The van der Waals surface area contributed by atoms with Crippen LogP contribution in [0.1, 0.15) is 12.0 Å². The van der Waals surface area contributed by atoms with Crippen molar-refractivity contribution in [2.24, 2.45) is 0 Å². The molecule has 0 unspecified atom stereocenters. The van der Waals surface area contributed by atoms with E-state index in [1.807, 2.05) is 48.5 Å². The molecule has 1 aliphatic heterocycles. The van der Waals surface area contributed by atoms with E-state index in [1.54, 1.807) is 10.4 Å². The zero-order chi connectivity index (χ0) is 15.9. The lowest BCUT2D eigenvalue weighted by molar-refractivity contribution is 0.592. The number of hydrogen-bond acceptors (Lipinski definition) is 2. The SMILES string of the molecule is O=S1(=O)c2cccc3cccc(c23)N1CCCc1ccccc1. The Bertz CT molecular complexity index is 960. The zero-order valence-corrected chi connectivity index (χ0v) is 13.5. The largest absolute Gasteiger partial charge is 0.266 e. The average molecular weight is 323 g/mol. The lowest BCUT2D eigenvalue weighted by atomic mass is 10.1. The summed E-state index contributed by atoms with van der Waals surface area (Å²) in [5, 5.41) is 1.84. The van der Waals surface area contributed by atoms with Gasteiger partial charge in [0.2, 0.25) is 0 Å². The first-order valence-electron chi connectivity index (χ1n) is 7.76. The van der Waals surface area contributed by atoms with Gasteiger partial charge in [-0.1, -0.05) is 54.6 Å². The monoisotopic (exact) mass is 323 g/mol. The third kappa shape index (κ3) is 2.30. The molecule has 1 aliphatic rings. The summed E-state index contributed by atoms with van der Waals surface area (Å²) in [5.74, 6) is 0. The van der Waals surface area contributed by atoms with E-state index >= 15 is 0 Å². The van der Waals surface area contributed by atoms with Crippen molar-refractivity contribution in [1.29, 1.82) is 0 Å². The fraction of sp³-hybridized carbons (Fsp3) is 0.158. The fourth-order valence-electron chi connectivity index (χ4n) is 3.27. The minimum Gasteiger partial charge on any atom is -0.266 e. The maximum atomic E-state index is 12.8. The molecule has 4 heteroatoms. The van der Waals surface area contributed by atoms with Gasteiger partial charge in [0.25, 0.3) is 10.0 Å². The lowest BCUT2D eigenvalue weighted by Gasteiger charge is -2.18. The molecule has 0 radical (unpaired) electrons. The van der Waals surface area contributed by atoms with Crippen molar-refractivity contribution in [3.63, 3.8) is 0 Å². The highest BCUT2D eigenvalue weighted by Gasteiger charge is 2.34. The molecule has 3 aromatic carbocycles. The maximum absolute atomic E-state index is 12.8. The van der Waals surface area contributed by atoms with E-state index in [0.717, 1.165) is 29.3 Å². The van der Waals surface area contributed by atoms with E-state index in [-0.39, 0.29) is 0 Å². The quantitative estimate of drug-likeness (QED) is 0.728. The first-order valence-corrected chi connectivity index (χ1v) is 9.20. The van der Waals surface area contributed by atoms with Crippen LogP contribution in [0.5, 0.6) is 0 Å². The van der Waals surface area contributed by atoms with Crippen molar-refractivity contribution >= 4 is 26.5 Å². The standard InChI is InChI=1S/C19H17NO2S/c21-23(22)18-13-5-11-16-10-4-12-17(19(16)18)20(23)14-6-9-15-7-2-1-3-8-15/h1-5,7-8,10-13H,6,9,14H2. The Morgan fingerprint density at radius 3 is 2.35 bits per heavy atom. The topological polar surface area (TPSA) is 37.4 Å². The number of hydrogen-bond donors (Lipinski definition) is 0. The van der Waals surface area contributed by atoms with Crippen LogP contribution in [0.25, 0.3) is 10.8 Å². The van der Waals surface area contributed by atoms with Gasteiger partial charge < -0.3 is 0 Å². The van der Waals surface area contributed by atoms with E-state index in [2.05, 4.69) is 12.1 Å². The van der Waals surface area contributed by atoms with Gasteiger partial charge in [-0.2, -0.15) is 0 Å². The summed E-state index contributed by atoms with van der Waals surface area (Å²) in [6.07, 6.45) is 1.67. The predicted octanol–water partition coefficient (Wildman–Crippen LogP) is 3.98. The molecule has 0 aromatic heterocycles. The number of aryl methyl sites for hydroxylation is 1. The number of benzene rings is 3. The van der Waals surface area contributed by atoms with E-state index in [0.29, 0.717) is 11.4 Å². The van der Waals surface area contributed by atoms with Crippen LogP contribution < -0.4 is 4.31 Å². The Morgan fingerprint density at radius 2 is 1.57 bits per heavy atom. The molecule has 0 aliphatic carbocycles. The van der Waals surface area contributed by atoms with Crippen LogP contribution in [0.15, 0.2) is 71.6 Å². The Hall–Kier alpha value is -2.33. The van der Waals surface area contributed by atoms with Gasteiger partial charge in [-0.3, -0.25) is 4.31 Å². The average Bonchev–Trinajstić information content (AvgIpc) is 2.79. The molecule has 23 heavy (non-hydrogen) atoms. The fourth-order valence-corrected chi connectivity index (χ4v) is 5.02. The molecule has 0 bridgehead atoms. The van der Waals surface area contributed by atoms with Gasteiger partial charge in [0.15, 0.2) is 0 Å². The highest BCUT2D eigenvalue weighted by Crippen LogP contribution is 2.41. The van der Waals surface area contributed by atoms with Gasteiger partial charge in [-0.15, -0.1) is 0 Å². The molecule has 0 spiro atoms. The molecule has 0 fully saturated rings. The number of nitrogens with zero attached hydrogens (tertiary/aromatic N) is 1. The molecule has 3 aromatic rings. The Morgan fingerprint density at radius 1 is 0.826 bits per heavy atom. The second-order valence-corrected chi connectivity index (χ2v) is 7.63. The molecule has 1 heterocycles. The lowest BCUT2D eigenvalue weighted by Crippen LogP contribution is -2.28. The number of rotatable bonds is 4. The second-order valence-electron chi connectivity index (χ2n) is 5.80. The smallest absolute Gasteiger partial charge is 0.265 e. The first-order chi connectivity index (χ1) is 11.2. The van der Waals surface area contributed by atoms with Gasteiger partial charge in [0.05, 0.1) is 10.6 Å². The Balaban J connectivity index is 1.64. The number of anilines is 1.